The maximum absolute atomic E-state index is 13.1. The van der Waals surface area contributed by atoms with Crippen molar-refractivity contribution in [3.05, 3.63) is 59.9 Å². The summed E-state index contributed by atoms with van der Waals surface area (Å²) in [6, 6.07) is 6.77. The second-order valence-electron chi connectivity index (χ2n) is 4.94. The number of pyridine rings is 1. The van der Waals surface area contributed by atoms with Gasteiger partial charge in [-0.05, 0) is 30.3 Å². The Morgan fingerprint density at radius 3 is 2.46 bits per heavy atom. The van der Waals surface area contributed by atoms with E-state index in [1.165, 1.54) is 12.3 Å². The largest absolute Gasteiger partial charge is 0.288 e. The molecule has 26 heavy (non-hydrogen) atoms. The zero-order chi connectivity index (χ0) is 19.2. The Kier molecular flexibility index (Phi) is 6.31. The first kappa shape index (κ1) is 19.4. The van der Waals surface area contributed by atoms with Crippen LogP contribution < -0.4 is 15.6 Å². The monoisotopic (exact) mass is 384 g/mol. The number of aromatic nitrogens is 1. The van der Waals surface area contributed by atoms with Gasteiger partial charge in [-0.25, -0.2) is 21.9 Å². The molecule has 0 spiro atoms. The summed E-state index contributed by atoms with van der Waals surface area (Å²) in [5.74, 6) is -3.78. The van der Waals surface area contributed by atoms with Crippen LogP contribution in [0.3, 0.4) is 0 Å². The molecule has 1 aromatic heterocycles. The highest BCUT2D eigenvalue weighted by molar-refractivity contribution is 7.89. The lowest BCUT2D eigenvalue weighted by molar-refractivity contribution is -0.121. The Labute approximate surface area is 147 Å². The van der Waals surface area contributed by atoms with E-state index in [0.717, 1.165) is 6.07 Å². The van der Waals surface area contributed by atoms with Gasteiger partial charge in [0.25, 0.3) is 5.91 Å². The number of hydrogen-bond donors (Lipinski definition) is 3. The van der Waals surface area contributed by atoms with Crippen LogP contribution in [0.25, 0.3) is 0 Å². The highest BCUT2D eigenvalue weighted by Crippen LogP contribution is 2.13. The maximum atomic E-state index is 13.1. The number of halogens is 2. The highest BCUT2D eigenvalue weighted by Gasteiger charge is 2.16. The fourth-order valence-corrected chi connectivity index (χ4v) is 2.82. The molecule has 0 saturated carbocycles. The van der Waals surface area contributed by atoms with Gasteiger partial charge in [0.15, 0.2) is 11.6 Å². The number of rotatable bonds is 6. The molecule has 11 heteroatoms. The molecule has 0 aliphatic carbocycles. The average Bonchev–Trinajstić information content (AvgIpc) is 2.62. The molecule has 0 aliphatic rings. The van der Waals surface area contributed by atoms with Gasteiger partial charge in [0, 0.05) is 19.2 Å². The SMILES string of the molecule is O=C(CCNS(=O)(=O)c1ccc(F)c(F)c1)NNC(=O)c1ccccn1. The molecule has 0 bridgehead atoms. The normalized spacial score (nSPS) is 11.0. The first-order valence-electron chi connectivity index (χ1n) is 7.24. The summed E-state index contributed by atoms with van der Waals surface area (Å²) in [7, 11) is -4.10. The van der Waals surface area contributed by atoms with Crippen molar-refractivity contribution in [3.63, 3.8) is 0 Å². The van der Waals surface area contributed by atoms with Crippen LogP contribution >= 0.6 is 0 Å². The van der Waals surface area contributed by atoms with Crippen LogP contribution in [0.5, 0.6) is 0 Å². The van der Waals surface area contributed by atoms with E-state index in [-0.39, 0.29) is 18.7 Å². The number of nitrogens with one attached hydrogen (secondary N) is 3. The minimum absolute atomic E-state index is 0.0897. The Morgan fingerprint density at radius 2 is 1.81 bits per heavy atom. The molecule has 2 amide bonds. The number of sulfonamides is 1. The Bertz CT molecular complexity index is 907. The molecule has 138 valence electrons. The molecule has 0 fully saturated rings. The van der Waals surface area contributed by atoms with E-state index in [0.29, 0.717) is 12.1 Å². The standard InChI is InChI=1S/C15H14F2N4O4S/c16-11-5-4-10(9-12(11)17)26(24,25)19-8-6-14(22)20-21-15(23)13-3-1-2-7-18-13/h1-5,7,9,19H,6,8H2,(H,20,22)(H,21,23). The number of nitrogens with zero attached hydrogens (tertiary/aromatic N) is 1. The van der Waals surface area contributed by atoms with Crippen LogP contribution in [0.1, 0.15) is 16.9 Å². The van der Waals surface area contributed by atoms with Gasteiger partial charge in [-0.3, -0.25) is 25.4 Å². The third-order valence-corrected chi connectivity index (χ3v) is 4.52. The molecule has 0 radical (unpaired) electrons. The Balaban J connectivity index is 1.80. The van der Waals surface area contributed by atoms with E-state index < -0.39 is 38.4 Å². The van der Waals surface area contributed by atoms with E-state index in [1.54, 1.807) is 12.1 Å². The van der Waals surface area contributed by atoms with E-state index in [1.807, 2.05) is 0 Å². The van der Waals surface area contributed by atoms with Crippen LogP contribution in [0.2, 0.25) is 0 Å². The lowest BCUT2D eigenvalue weighted by Crippen LogP contribution is -2.43. The predicted molar refractivity (Wildman–Crippen MR) is 86.0 cm³/mol. The van der Waals surface area contributed by atoms with Crippen LogP contribution in [-0.4, -0.2) is 31.8 Å². The van der Waals surface area contributed by atoms with E-state index in [2.05, 4.69) is 20.6 Å². The van der Waals surface area contributed by atoms with E-state index in [4.69, 9.17) is 0 Å². The third kappa shape index (κ3) is 5.29. The second kappa shape index (κ2) is 8.45. The molecule has 1 aromatic carbocycles. The summed E-state index contributed by atoms with van der Waals surface area (Å²) in [5.41, 5.74) is 4.31. The van der Waals surface area contributed by atoms with Crippen molar-refractivity contribution in [1.29, 1.82) is 0 Å². The minimum atomic E-state index is -4.10. The second-order valence-corrected chi connectivity index (χ2v) is 6.71. The van der Waals surface area contributed by atoms with Gasteiger partial charge in [0.05, 0.1) is 4.90 Å². The summed E-state index contributed by atoms with van der Waals surface area (Å²) in [6.45, 7) is -0.313. The molecule has 1 heterocycles. The maximum Gasteiger partial charge on any atom is 0.288 e. The molecule has 2 rings (SSSR count). The number of carbonyl (C=O) groups is 2. The molecule has 0 atom stereocenters. The molecule has 0 unspecified atom stereocenters. The van der Waals surface area contributed by atoms with Gasteiger partial charge in [-0.15, -0.1) is 0 Å². The van der Waals surface area contributed by atoms with Crippen molar-refractivity contribution in [1.82, 2.24) is 20.6 Å². The fourth-order valence-electron chi connectivity index (χ4n) is 1.78. The molecule has 8 nitrogen and oxygen atoms in total. The van der Waals surface area contributed by atoms with Crippen molar-refractivity contribution < 1.29 is 26.8 Å². The zero-order valence-corrected chi connectivity index (χ0v) is 14.0. The summed E-state index contributed by atoms with van der Waals surface area (Å²) in [6.07, 6.45) is 1.11. The van der Waals surface area contributed by atoms with Crippen molar-refractivity contribution in [2.45, 2.75) is 11.3 Å². The summed E-state index contributed by atoms with van der Waals surface area (Å²) in [5, 5.41) is 0. The first-order valence-corrected chi connectivity index (χ1v) is 8.73. The Hall–Kier alpha value is -2.92. The highest BCUT2D eigenvalue weighted by atomic mass is 32.2. The number of hydrazine groups is 1. The molecule has 2 aromatic rings. The topological polar surface area (TPSA) is 117 Å². The van der Waals surface area contributed by atoms with Crippen molar-refractivity contribution in [2.24, 2.45) is 0 Å². The van der Waals surface area contributed by atoms with Crippen molar-refractivity contribution in [3.8, 4) is 0 Å². The van der Waals surface area contributed by atoms with Crippen molar-refractivity contribution >= 4 is 21.8 Å². The average molecular weight is 384 g/mol. The summed E-state index contributed by atoms with van der Waals surface area (Å²) < 4.78 is 51.8. The lowest BCUT2D eigenvalue weighted by atomic mass is 10.3. The van der Waals surface area contributed by atoms with Crippen molar-refractivity contribution in [2.75, 3.05) is 6.54 Å². The molecule has 0 aliphatic heterocycles. The first-order chi connectivity index (χ1) is 12.3. The van der Waals surface area contributed by atoms with Gasteiger partial charge in [0.1, 0.15) is 5.69 Å². The minimum Gasteiger partial charge on any atom is -0.273 e. The van der Waals surface area contributed by atoms with Gasteiger partial charge >= 0.3 is 0 Å². The van der Waals surface area contributed by atoms with Gasteiger partial charge in [0.2, 0.25) is 15.9 Å². The number of hydrogen-bond acceptors (Lipinski definition) is 5. The third-order valence-electron chi connectivity index (χ3n) is 3.06. The quantitative estimate of drug-likeness (QED) is 0.627. The number of amides is 2. The number of benzene rings is 1. The van der Waals surface area contributed by atoms with Gasteiger partial charge in [-0.2, -0.15) is 0 Å². The molecular formula is C15H14F2N4O4S. The smallest absolute Gasteiger partial charge is 0.273 e. The lowest BCUT2D eigenvalue weighted by Gasteiger charge is -2.08. The van der Waals surface area contributed by atoms with Crippen LogP contribution in [0, 0.1) is 11.6 Å². The van der Waals surface area contributed by atoms with Crippen LogP contribution in [0.15, 0.2) is 47.5 Å². The molecular weight excluding hydrogens is 370 g/mol. The van der Waals surface area contributed by atoms with E-state index in [9.17, 15) is 26.8 Å². The van der Waals surface area contributed by atoms with Crippen LogP contribution in [0.4, 0.5) is 8.78 Å². The fraction of sp³-hybridized carbons (Fsp3) is 0.133. The van der Waals surface area contributed by atoms with Gasteiger partial charge < -0.3 is 0 Å². The summed E-state index contributed by atoms with van der Waals surface area (Å²) >= 11 is 0. The number of carbonyl (C=O) groups excluding carboxylic acids is 2. The Morgan fingerprint density at radius 1 is 1.04 bits per heavy atom. The van der Waals surface area contributed by atoms with Gasteiger partial charge in [-0.1, -0.05) is 6.07 Å². The molecule has 3 N–H and O–H groups in total. The van der Waals surface area contributed by atoms with E-state index >= 15 is 0 Å². The summed E-state index contributed by atoms with van der Waals surface area (Å²) in [4.78, 5) is 26.6. The van der Waals surface area contributed by atoms with Crippen LogP contribution in [-0.2, 0) is 14.8 Å². The molecule has 0 saturated heterocycles. The zero-order valence-electron chi connectivity index (χ0n) is 13.2. The predicted octanol–water partition coefficient (Wildman–Crippen LogP) is 0.489.